The molecule has 0 radical (unpaired) electrons. The van der Waals surface area contributed by atoms with E-state index in [0.29, 0.717) is 6.04 Å². The quantitative estimate of drug-likeness (QED) is 0.547. The second-order valence-corrected chi connectivity index (χ2v) is 3.21. The van der Waals surface area contributed by atoms with E-state index in [1.165, 1.54) is 12.8 Å². The van der Waals surface area contributed by atoms with Gasteiger partial charge in [-0.05, 0) is 32.5 Å². The number of hydrogen-bond acceptors (Lipinski definition) is 2. The molecule has 0 aliphatic rings. The van der Waals surface area contributed by atoms with Crippen molar-refractivity contribution in [1.29, 1.82) is 0 Å². The Balaban J connectivity index is 2.80. The highest BCUT2D eigenvalue weighted by atomic mass is 14.9. The first kappa shape index (κ1) is 10.9. The van der Waals surface area contributed by atoms with Crippen LogP contribution in [0.15, 0.2) is 0 Å². The predicted molar refractivity (Wildman–Crippen MR) is 50.9 cm³/mol. The van der Waals surface area contributed by atoms with Crippen LogP contribution in [0.25, 0.3) is 0 Å². The van der Waals surface area contributed by atoms with E-state index in [9.17, 15) is 0 Å². The average molecular weight is 158 g/mol. The van der Waals surface area contributed by atoms with Gasteiger partial charge in [0.2, 0.25) is 0 Å². The Hall–Kier alpha value is -0.0800. The lowest BCUT2D eigenvalue weighted by atomic mass is 10.3. The minimum atomic E-state index is 0.626. The van der Waals surface area contributed by atoms with E-state index in [1.807, 2.05) is 0 Å². The van der Waals surface area contributed by atoms with E-state index >= 15 is 0 Å². The van der Waals surface area contributed by atoms with Crippen molar-refractivity contribution >= 4 is 0 Å². The lowest BCUT2D eigenvalue weighted by Gasteiger charge is -2.07. The Morgan fingerprint density at radius 2 is 1.82 bits per heavy atom. The molecule has 0 aromatic rings. The molecule has 0 heterocycles. The predicted octanol–water partition coefficient (Wildman–Crippen LogP) is 1.37. The summed E-state index contributed by atoms with van der Waals surface area (Å²) in [6, 6.07) is 0.626. The van der Waals surface area contributed by atoms with Crippen LogP contribution in [0.2, 0.25) is 0 Å². The molecule has 0 saturated heterocycles. The Morgan fingerprint density at radius 1 is 1.09 bits per heavy atom. The van der Waals surface area contributed by atoms with Crippen molar-refractivity contribution in [2.24, 2.45) is 0 Å². The smallest absolute Gasteiger partial charge is 0.00103 e. The van der Waals surface area contributed by atoms with Gasteiger partial charge in [0.15, 0.2) is 0 Å². The molecule has 0 aliphatic heterocycles. The van der Waals surface area contributed by atoms with Crippen molar-refractivity contribution in [2.45, 2.75) is 39.7 Å². The fraction of sp³-hybridized carbons (Fsp3) is 1.00. The normalized spacial score (nSPS) is 10.9. The molecule has 0 aliphatic carbocycles. The molecule has 0 fully saturated rings. The van der Waals surface area contributed by atoms with Crippen molar-refractivity contribution in [1.82, 2.24) is 10.6 Å². The van der Waals surface area contributed by atoms with Gasteiger partial charge in [-0.25, -0.2) is 0 Å². The van der Waals surface area contributed by atoms with E-state index in [4.69, 9.17) is 0 Å². The third kappa shape index (κ3) is 9.92. The summed E-state index contributed by atoms with van der Waals surface area (Å²) < 4.78 is 0. The lowest BCUT2D eigenvalue weighted by Crippen LogP contribution is -2.27. The Morgan fingerprint density at radius 3 is 2.36 bits per heavy atom. The summed E-state index contributed by atoms with van der Waals surface area (Å²) in [5.41, 5.74) is 0. The molecule has 2 heteroatoms. The fourth-order valence-electron chi connectivity index (χ4n) is 0.906. The summed E-state index contributed by atoms with van der Waals surface area (Å²) in [6.07, 6.45) is 2.47. The molecule has 68 valence electrons. The van der Waals surface area contributed by atoms with E-state index in [-0.39, 0.29) is 0 Å². The molecule has 2 N–H and O–H groups in total. The molecule has 0 aromatic heterocycles. The third-order valence-corrected chi connectivity index (χ3v) is 1.51. The summed E-state index contributed by atoms with van der Waals surface area (Å²) in [4.78, 5) is 0. The number of nitrogens with one attached hydrogen (secondary N) is 2. The topological polar surface area (TPSA) is 24.1 Å². The Labute approximate surface area is 70.8 Å². The van der Waals surface area contributed by atoms with Crippen LogP contribution >= 0.6 is 0 Å². The summed E-state index contributed by atoms with van der Waals surface area (Å²) in [7, 11) is 0. The highest BCUT2D eigenvalue weighted by Crippen LogP contribution is 1.79. The van der Waals surface area contributed by atoms with Gasteiger partial charge in [0.05, 0.1) is 0 Å². The van der Waals surface area contributed by atoms with Crippen molar-refractivity contribution in [3.05, 3.63) is 0 Å². The Kier molecular flexibility index (Phi) is 7.96. The van der Waals surface area contributed by atoms with E-state index in [0.717, 1.165) is 19.6 Å². The van der Waals surface area contributed by atoms with Gasteiger partial charge < -0.3 is 10.6 Å². The maximum atomic E-state index is 3.38. The van der Waals surface area contributed by atoms with Gasteiger partial charge in [0.1, 0.15) is 0 Å². The van der Waals surface area contributed by atoms with Gasteiger partial charge in [-0.1, -0.05) is 20.8 Å². The van der Waals surface area contributed by atoms with Crippen molar-refractivity contribution in [3.8, 4) is 0 Å². The number of rotatable bonds is 7. The largest absolute Gasteiger partial charge is 0.317 e. The van der Waals surface area contributed by atoms with E-state index in [2.05, 4.69) is 31.4 Å². The second-order valence-electron chi connectivity index (χ2n) is 3.21. The molecule has 0 rings (SSSR count). The van der Waals surface area contributed by atoms with Crippen LogP contribution in [0.5, 0.6) is 0 Å². The van der Waals surface area contributed by atoms with Crippen LogP contribution in [0, 0.1) is 0 Å². The van der Waals surface area contributed by atoms with Crippen LogP contribution in [0.1, 0.15) is 33.6 Å². The van der Waals surface area contributed by atoms with E-state index < -0.39 is 0 Å². The zero-order valence-corrected chi connectivity index (χ0v) is 8.11. The van der Waals surface area contributed by atoms with Gasteiger partial charge >= 0.3 is 0 Å². The molecule has 0 spiro atoms. The van der Waals surface area contributed by atoms with Crippen LogP contribution < -0.4 is 10.6 Å². The van der Waals surface area contributed by atoms with Gasteiger partial charge in [0, 0.05) is 6.04 Å². The molecule has 0 saturated carbocycles. The minimum absolute atomic E-state index is 0.626. The highest BCUT2D eigenvalue weighted by molar-refractivity contribution is 4.54. The monoisotopic (exact) mass is 158 g/mol. The number of hydrogen-bond donors (Lipinski definition) is 2. The lowest BCUT2D eigenvalue weighted by molar-refractivity contribution is 0.547. The van der Waals surface area contributed by atoms with E-state index in [1.54, 1.807) is 0 Å². The SMILES string of the molecule is CCCNCCCNC(C)C. The highest BCUT2D eigenvalue weighted by Gasteiger charge is 1.90. The maximum Gasteiger partial charge on any atom is 0.00103 e. The molecule has 11 heavy (non-hydrogen) atoms. The van der Waals surface area contributed by atoms with Crippen LogP contribution in [0.3, 0.4) is 0 Å². The third-order valence-electron chi connectivity index (χ3n) is 1.51. The molecule has 0 unspecified atom stereocenters. The minimum Gasteiger partial charge on any atom is -0.317 e. The first-order valence-corrected chi connectivity index (χ1v) is 4.71. The second kappa shape index (κ2) is 8.02. The molecular weight excluding hydrogens is 136 g/mol. The van der Waals surface area contributed by atoms with Crippen LogP contribution in [-0.2, 0) is 0 Å². The van der Waals surface area contributed by atoms with Gasteiger partial charge in [-0.15, -0.1) is 0 Å². The van der Waals surface area contributed by atoms with Crippen molar-refractivity contribution in [3.63, 3.8) is 0 Å². The Bertz CT molecular complexity index is 72.0. The van der Waals surface area contributed by atoms with Crippen molar-refractivity contribution in [2.75, 3.05) is 19.6 Å². The fourth-order valence-corrected chi connectivity index (χ4v) is 0.906. The summed E-state index contributed by atoms with van der Waals surface area (Å²) in [6.45, 7) is 9.99. The zero-order chi connectivity index (χ0) is 8.53. The molecule has 0 atom stereocenters. The van der Waals surface area contributed by atoms with Gasteiger partial charge in [0.25, 0.3) is 0 Å². The summed E-state index contributed by atoms with van der Waals surface area (Å²) >= 11 is 0. The van der Waals surface area contributed by atoms with Gasteiger partial charge in [-0.3, -0.25) is 0 Å². The summed E-state index contributed by atoms with van der Waals surface area (Å²) in [5.74, 6) is 0. The molecule has 2 nitrogen and oxygen atoms in total. The van der Waals surface area contributed by atoms with Crippen LogP contribution in [0.4, 0.5) is 0 Å². The summed E-state index contributed by atoms with van der Waals surface area (Å²) in [5, 5.41) is 6.75. The first-order chi connectivity index (χ1) is 5.27. The average Bonchev–Trinajstić information content (AvgIpc) is 1.96. The van der Waals surface area contributed by atoms with Crippen LogP contribution in [-0.4, -0.2) is 25.7 Å². The first-order valence-electron chi connectivity index (χ1n) is 4.71. The zero-order valence-electron chi connectivity index (χ0n) is 8.11. The molecular formula is C9H22N2. The standard InChI is InChI=1S/C9H22N2/c1-4-6-10-7-5-8-11-9(2)3/h9-11H,4-8H2,1-3H3. The molecule has 0 bridgehead atoms. The van der Waals surface area contributed by atoms with Gasteiger partial charge in [-0.2, -0.15) is 0 Å². The molecule has 0 amide bonds. The van der Waals surface area contributed by atoms with Crippen molar-refractivity contribution < 1.29 is 0 Å². The maximum absolute atomic E-state index is 3.38. The molecule has 0 aromatic carbocycles.